The molecule has 8 nitrogen and oxygen atoms in total. The number of ketones is 1. The SMILES string of the molecule is COC(=O)[C@@H]1c2ccoc2C[C@H]2[C@@H]1[C@@H](O)[C@H](OC(C)=O)[C@@]1(O)C(C)(C)CCC(=O)[C@]21C. The van der Waals surface area contributed by atoms with Crippen LogP contribution in [-0.4, -0.2) is 52.9 Å². The minimum atomic E-state index is -1.84. The highest BCUT2D eigenvalue weighted by molar-refractivity contribution is 5.89. The van der Waals surface area contributed by atoms with Gasteiger partial charge >= 0.3 is 11.9 Å². The van der Waals surface area contributed by atoms with E-state index in [1.165, 1.54) is 20.3 Å². The Bertz CT molecular complexity index is 932. The molecule has 2 N–H and O–H groups in total. The largest absolute Gasteiger partial charge is 0.469 e. The van der Waals surface area contributed by atoms with Crippen molar-refractivity contribution in [2.24, 2.45) is 22.7 Å². The average Bonchev–Trinajstić information content (AvgIpc) is 3.18. The monoisotopic (exact) mass is 434 g/mol. The molecule has 7 atom stereocenters. The van der Waals surface area contributed by atoms with Crippen LogP contribution in [0.4, 0.5) is 0 Å². The summed E-state index contributed by atoms with van der Waals surface area (Å²) in [5.74, 6) is -3.22. The van der Waals surface area contributed by atoms with E-state index in [-0.39, 0.29) is 18.6 Å². The molecule has 2 fully saturated rings. The second-order valence-electron chi connectivity index (χ2n) is 9.98. The maximum Gasteiger partial charge on any atom is 0.313 e. The number of carbonyl (C=O) groups excluding carboxylic acids is 3. The van der Waals surface area contributed by atoms with Crippen LogP contribution < -0.4 is 0 Å². The third-order valence-corrected chi connectivity index (χ3v) is 8.36. The molecule has 170 valence electrons. The van der Waals surface area contributed by atoms with Crippen molar-refractivity contribution in [2.45, 2.75) is 70.7 Å². The summed E-state index contributed by atoms with van der Waals surface area (Å²) in [4.78, 5) is 38.4. The first kappa shape index (κ1) is 22.0. The number of aliphatic hydroxyl groups excluding tert-OH is 1. The van der Waals surface area contributed by atoms with Crippen LogP contribution >= 0.6 is 0 Å². The molecule has 0 radical (unpaired) electrons. The van der Waals surface area contributed by atoms with E-state index >= 15 is 0 Å². The number of carbonyl (C=O) groups is 3. The van der Waals surface area contributed by atoms with Crippen molar-refractivity contribution in [1.29, 1.82) is 0 Å². The Kier molecular flexibility index (Phi) is 4.90. The standard InChI is InChI=1S/C23H30O8/c1-11(24)31-19-18(26)17-13(10-14-12(7-9-30-14)16(17)20(27)29-5)22(4)15(25)6-8-21(2,3)23(19,22)28/h7,9,13,16-19,26,28H,6,8,10H2,1-5H3/t13-,16+,17-,18+,19-,22-,23+/m0/s1. The molecule has 1 aromatic heterocycles. The van der Waals surface area contributed by atoms with Gasteiger partial charge in [-0.1, -0.05) is 13.8 Å². The number of aliphatic hydroxyl groups is 2. The molecule has 0 aromatic carbocycles. The predicted octanol–water partition coefficient (Wildman–Crippen LogP) is 1.76. The zero-order valence-electron chi connectivity index (χ0n) is 18.5. The molecule has 0 aliphatic heterocycles. The number of methoxy groups -OCH3 is 1. The van der Waals surface area contributed by atoms with Gasteiger partial charge in [0.15, 0.2) is 6.10 Å². The fraction of sp³-hybridized carbons (Fsp3) is 0.696. The maximum atomic E-state index is 13.5. The van der Waals surface area contributed by atoms with Crippen molar-refractivity contribution >= 4 is 17.7 Å². The first-order valence-electron chi connectivity index (χ1n) is 10.7. The first-order valence-corrected chi connectivity index (χ1v) is 10.7. The van der Waals surface area contributed by atoms with E-state index in [0.717, 1.165) is 0 Å². The van der Waals surface area contributed by atoms with Gasteiger partial charge in [-0.3, -0.25) is 14.4 Å². The van der Waals surface area contributed by atoms with Crippen LogP contribution in [0.3, 0.4) is 0 Å². The summed E-state index contributed by atoms with van der Waals surface area (Å²) in [5, 5.41) is 23.8. The Balaban J connectivity index is 1.99. The Morgan fingerprint density at radius 1 is 1.26 bits per heavy atom. The normalized spacial score (nSPS) is 40.9. The molecule has 1 heterocycles. The Labute approximate surface area is 180 Å². The molecule has 2 saturated carbocycles. The molecule has 0 saturated heterocycles. The molecular formula is C23H30O8. The lowest BCUT2D eigenvalue weighted by molar-refractivity contribution is -0.301. The van der Waals surface area contributed by atoms with Crippen molar-refractivity contribution in [1.82, 2.24) is 0 Å². The lowest BCUT2D eigenvalue weighted by atomic mass is 9.39. The number of rotatable bonds is 2. The number of hydrogen-bond acceptors (Lipinski definition) is 8. The highest BCUT2D eigenvalue weighted by Crippen LogP contribution is 2.66. The van der Waals surface area contributed by atoms with E-state index in [0.29, 0.717) is 17.7 Å². The van der Waals surface area contributed by atoms with Gasteiger partial charge in [0.05, 0.1) is 30.8 Å². The predicted molar refractivity (Wildman–Crippen MR) is 107 cm³/mol. The summed E-state index contributed by atoms with van der Waals surface area (Å²) in [7, 11) is 1.26. The van der Waals surface area contributed by atoms with Gasteiger partial charge in [0.1, 0.15) is 17.1 Å². The van der Waals surface area contributed by atoms with Crippen LogP contribution in [0.1, 0.15) is 57.8 Å². The number of ether oxygens (including phenoxy) is 2. The van der Waals surface area contributed by atoms with Crippen molar-refractivity contribution in [3.05, 3.63) is 23.7 Å². The summed E-state index contributed by atoms with van der Waals surface area (Å²) < 4.78 is 16.2. The van der Waals surface area contributed by atoms with Crippen molar-refractivity contribution in [3.63, 3.8) is 0 Å². The minimum absolute atomic E-state index is 0.174. The molecule has 0 unspecified atom stereocenters. The van der Waals surface area contributed by atoms with Gasteiger partial charge in [-0.25, -0.2) is 0 Å². The molecule has 1 aromatic rings. The zero-order valence-corrected chi connectivity index (χ0v) is 18.5. The van der Waals surface area contributed by atoms with E-state index in [2.05, 4.69) is 0 Å². The van der Waals surface area contributed by atoms with Gasteiger partial charge in [-0.2, -0.15) is 0 Å². The molecule has 0 spiro atoms. The van der Waals surface area contributed by atoms with Crippen LogP contribution in [0.5, 0.6) is 0 Å². The zero-order chi connectivity index (χ0) is 22.9. The van der Waals surface area contributed by atoms with Gasteiger partial charge < -0.3 is 24.1 Å². The minimum Gasteiger partial charge on any atom is -0.469 e. The van der Waals surface area contributed by atoms with Gasteiger partial charge in [-0.05, 0) is 30.7 Å². The topological polar surface area (TPSA) is 123 Å². The quantitative estimate of drug-likeness (QED) is 0.675. The Morgan fingerprint density at radius 2 is 1.94 bits per heavy atom. The highest BCUT2D eigenvalue weighted by Gasteiger charge is 2.76. The number of fused-ring (bicyclic) bond motifs is 4. The van der Waals surface area contributed by atoms with Crippen LogP contribution in [0.15, 0.2) is 16.7 Å². The summed E-state index contributed by atoms with van der Waals surface area (Å²) in [6, 6.07) is 1.66. The third-order valence-electron chi connectivity index (χ3n) is 8.36. The van der Waals surface area contributed by atoms with Crippen LogP contribution in [0.2, 0.25) is 0 Å². The second-order valence-corrected chi connectivity index (χ2v) is 9.98. The third kappa shape index (κ3) is 2.64. The number of esters is 2. The van der Waals surface area contributed by atoms with Crippen LogP contribution in [-0.2, 0) is 30.3 Å². The summed E-state index contributed by atoms with van der Waals surface area (Å²) >= 11 is 0. The average molecular weight is 434 g/mol. The van der Waals surface area contributed by atoms with Gasteiger partial charge in [0, 0.05) is 31.2 Å². The maximum absolute atomic E-state index is 13.5. The van der Waals surface area contributed by atoms with Gasteiger partial charge in [0.2, 0.25) is 0 Å². The molecule has 8 heteroatoms. The second kappa shape index (κ2) is 6.90. The molecule has 3 aliphatic carbocycles. The van der Waals surface area contributed by atoms with E-state index in [4.69, 9.17) is 13.9 Å². The lowest BCUT2D eigenvalue weighted by Crippen LogP contribution is -2.79. The van der Waals surface area contributed by atoms with E-state index in [9.17, 15) is 24.6 Å². The van der Waals surface area contributed by atoms with E-state index in [1.807, 2.05) is 13.8 Å². The molecule has 4 rings (SSSR count). The van der Waals surface area contributed by atoms with Crippen molar-refractivity contribution < 1.29 is 38.5 Å². The molecule has 3 aliphatic rings. The van der Waals surface area contributed by atoms with E-state index < -0.39 is 58.3 Å². The number of hydrogen-bond donors (Lipinski definition) is 2. The number of furan rings is 1. The van der Waals surface area contributed by atoms with Gasteiger partial charge in [-0.15, -0.1) is 0 Å². The summed E-state index contributed by atoms with van der Waals surface area (Å²) in [5.41, 5.74) is -3.47. The molecule has 0 amide bonds. The lowest BCUT2D eigenvalue weighted by Gasteiger charge is -2.67. The molecule has 0 bridgehead atoms. The summed E-state index contributed by atoms with van der Waals surface area (Å²) in [6.45, 7) is 6.52. The van der Waals surface area contributed by atoms with Gasteiger partial charge in [0.25, 0.3) is 0 Å². The fourth-order valence-electron chi connectivity index (χ4n) is 6.75. The number of Topliss-reactive ketones (excluding diaryl/α,β-unsaturated/α-hetero) is 1. The Hall–Kier alpha value is -2.19. The molecule has 31 heavy (non-hydrogen) atoms. The highest BCUT2D eigenvalue weighted by atomic mass is 16.6. The Morgan fingerprint density at radius 3 is 2.55 bits per heavy atom. The first-order chi connectivity index (χ1) is 14.4. The van der Waals surface area contributed by atoms with Crippen molar-refractivity contribution in [3.8, 4) is 0 Å². The van der Waals surface area contributed by atoms with Crippen LogP contribution in [0, 0.1) is 22.7 Å². The summed E-state index contributed by atoms with van der Waals surface area (Å²) in [6.07, 6.45) is -0.404. The smallest absolute Gasteiger partial charge is 0.313 e. The van der Waals surface area contributed by atoms with E-state index in [1.54, 1.807) is 13.0 Å². The fourth-order valence-corrected chi connectivity index (χ4v) is 6.75. The van der Waals surface area contributed by atoms with Crippen LogP contribution in [0.25, 0.3) is 0 Å². The molecular weight excluding hydrogens is 404 g/mol. The van der Waals surface area contributed by atoms with Crippen molar-refractivity contribution in [2.75, 3.05) is 7.11 Å².